The molecule has 0 aliphatic heterocycles. The van der Waals surface area contributed by atoms with Crippen LogP contribution in [0, 0.1) is 0 Å². The van der Waals surface area contributed by atoms with Crippen LogP contribution in [-0.2, 0) is 7.05 Å². The van der Waals surface area contributed by atoms with E-state index in [1.54, 1.807) is 4.57 Å². The van der Waals surface area contributed by atoms with E-state index in [9.17, 15) is 4.79 Å². The van der Waals surface area contributed by atoms with Crippen molar-refractivity contribution < 1.29 is 9.36 Å². The van der Waals surface area contributed by atoms with Crippen LogP contribution >= 0.6 is 0 Å². The van der Waals surface area contributed by atoms with Gasteiger partial charge in [0.15, 0.2) is 0 Å². The number of aryl methyl sites for hydroxylation is 1. The number of carbonyl (C=O) groups is 1. The molecule has 0 saturated heterocycles. The van der Waals surface area contributed by atoms with Gasteiger partial charge in [0.1, 0.15) is 12.4 Å². The van der Waals surface area contributed by atoms with Gasteiger partial charge >= 0.3 is 6.03 Å². The monoisotopic (exact) mass is 238 g/mol. The van der Waals surface area contributed by atoms with Gasteiger partial charge in [-0.2, -0.15) is 4.57 Å². The fraction of sp³-hybridized carbons (Fsp3) is 0.692. The standard InChI is InChI=1S/C13H24N3O/c1-5-7-8-16(12(3)6-2)13(17)15-10-9-14(4)11-15/h9-12H,5-8H2,1-4H3/q+1. The van der Waals surface area contributed by atoms with Crippen molar-refractivity contribution in [3.8, 4) is 0 Å². The van der Waals surface area contributed by atoms with Crippen molar-refractivity contribution in [1.82, 2.24) is 9.47 Å². The molecule has 1 aromatic heterocycles. The van der Waals surface area contributed by atoms with Crippen LogP contribution in [0.15, 0.2) is 18.7 Å². The van der Waals surface area contributed by atoms with E-state index in [4.69, 9.17) is 0 Å². The summed E-state index contributed by atoms with van der Waals surface area (Å²) in [5, 5.41) is 0. The first-order valence-electron chi connectivity index (χ1n) is 6.44. The highest BCUT2D eigenvalue weighted by Crippen LogP contribution is 2.08. The van der Waals surface area contributed by atoms with Gasteiger partial charge in [0.2, 0.25) is 0 Å². The predicted octanol–water partition coefficient (Wildman–Crippen LogP) is 2.18. The van der Waals surface area contributed by atoms with Crippen LogP contribution in [0.1, 0.15) is 40.0 Å². The van der Waals surface area contributed by atoms with Gasteiger partial charge in [-0.15, -0.1) is 0 Å². The van der Waals surface area contributed by atoms with Crippen LogP contribution in [0.4, 0.5) is 4.79 Å². The van der Waals surface area contributed by atoms with Gasteiger partial charge in [-0.1, -0.05) is 20.3 Å². The van der Waals surface area contributed by atoms with E-state index >= 15 is 0 Å². The molecule has 0 aliphatic rings. The average molecular weight is 238 g/mol. The number of unbranched alkanes of at least 4 members (excludes halogenated alkanes) is 1. The Labute approximate surface area is 104 Å². The summed E-state index contributed by atoms with van der Waals surface area (Å²) in [5.41, 5.74) is 0. The van der Waals surface area contributed by atoms with Crippen molar-refractivity contribution in [2.45, 2.75) is 46.1 Å². The number of hydrogen-bond donors (Lipinski definition) is 0. The van der Waals surface area contributed by atoms with Crippen molar-refractivity contribution in [3.63, 3.8) is 0 Å². The molecule has 1 heterocycles. The Hall–Kier alpha value is -1.32. The smallest absolute Gasteiger partial charge is 0.302 e. The molecule has 0 radical (unpaired) electrons. The minimum absolute atomic E-state index is 0.0772. The highest BCUT2D eigenvalue weighted by molar-refractivity contribution is 5.76. The van der Waals surface area contributed by atoms with Crippen molar-refractivity contribution in [2.24, 2.45) is 7.05 Å². The van der Waals surface area contributed by atoms with Crippen molar-refractivity contribution >= 4 is 6.03 Å². The molecular weight excluding hydrogens is 214 g/mol. The van der Waals surface area contributed by atoms with E-state index < -0.39 is 0 Å². The minimum Gasteiger partial charge on any atom is -0.302 e. The molecular formula is C13H24N3O+. The number of aromatic nitrogens is 2. The second-order valence-corrected chi connectivity index (χ2v) is 4.57. The predicted molar refractivity (Wildman–Crippen MR) is 67.8 cm³/mol. The lowest BCUT2D eigenvalue weighted by molar-refractivity contribution is -0.670. The lowest BCUT2D eigenvalue weighted by atomic mass is 10.2. The van der Waals surface area contributed by atoms with E-state index in [2.05, 4.69) is 20.8 Å². The quantitative estimate of drug-likeness (QED) is 0.723. The zero-order chi connectivity index (χ0) is 12.8. The van der Waals surface area contributed by atoms with Gasteiger partial charge in [-0.05, 0) is 19.8 Å². The topological polar surface area (TPSA) is 29.1 Å². The van der Waals surface area contributed by atoms with Gasteiger partial charge < -0.3 is 4.90 Å². The number of hydrogen-bond acceptors (Lipinski definition) is 1. The highest BCUT2D eigenvalue weighted by atomic mass is 16.2. The second kappa shape index (κ2) is 6.42. The Bertz CT molecular complexity index is 359. The molecule has 0 fully saturated rings. The van der Waals surface area contributed by atoms with Gasteiger partial charge in [0, 0.05) is 12.6 Å². The van der Waals surface area contributed by atoms with Crippen LogP contribution in [-0.4, -0.2) is 28.1 Å². The highest BCUT2D eigenvalue weighted by Gasteiger charge is 2.23. The first-order valence-corrected chi connectivity index (χ1v) is 6.44. The molecule has 4 nitrogen and oxygen atoms in total. The zero-order valence-corrected chi connectivity index (χ0v) is 11.4. The Morgan fingerprint density at radius 3 is 2.65 bits per heavy atom. The molecule has 1 amide bonds. The molecule has 0 saturated carbocycles. The van der Waals surface area contributed by atoms with E-state index in [1.165, 1.54) is 0 Å². The second-order valence-electron chi connectivity index (χ2n) is 4.57. The summed E-state index contributed by atoms with van der Waals surface area (Å²) in [6, 6.07) is 0.371. The summed E-state index contributed by atoms with van der Waals surface area (Å²) in [5.74, 6) is 0. The van der Waals surface area contributed by atoms with E-state index in [0.29, 0.717) is 6.04 Å². The van der Waals surface area contributed by atoms with E-state index in [-0.39, 0.29) is 6.03 Å². The number of rotatable bonds is 5. The molecule has 0 N–H and O–H groups in total. The molecule has 1 unspecified atom stereocenters. The van der Waals surface area contributed by atoms with Crippen LogP contribution < -0.4 is 4.57 Å². The first kappa shape index (κ1) is 13.7. The molecule has 1 rings (SSSR count). The van der Waals surface area contributed by atoms with Crippen molar-refractivity contribution in [3.05, 3.63) is 18.7 Å². The lowest BCUT2D eigenvalue weighted by Crippen LogP contribution is -2.41. The maximum absolute atomic E-state index is 12.3. The van der Waals surface area contributed by atoms with Crippen LogP contribution in [0.25, 0.3) is 0 Å². The SMILES string of the molecule is CCCCN(C(=O)n1cc[n+](C)c1)C(C)CC. The third-order valence-electron chi connectivity index (χ3n) is 3.11. The lowest BCUT2D eigenvalue weighted by Gasteiger charge is -2.25. The Morgan fingerprint density at radius 1 is 1.47 bits per heavy atom. The fourth-order valence-corrected chi connectivity index (χ4v) is 1.77. The van der Waals surface area contributed by atoms with E-state index in [0.717, 1.165) is 25.8 Å². The maximum Gasteiger partial charge on any atom is 0.416 e. The summed E-state index contributed by atoms with van der Waals surface area (Å²) >= 11 is 0. The maximum atomic E-state index is 12.3. The van der Waals surface area contributed by atoms with Gasteiger partial charge in [0.25, 0.3) is 6.33 Å². The molecule has 4 heteroatoms. The number of amides is 1. The van der Waals surface area contributed by atoms with Crippen LogP contribution in [0.3, 0.4) is 0 Å². The fourth-order valence-electron chi connectivity index (χ4n) is 1.77. The molecule has 0 bridgehead atoms. The van der Waals surface area contributed by atoms with E-state index in [1.807, 2.05) is 35.2 Å². The number of carbonyl (C=O) groups excluding carboxylic acids is 1. The molecule has 96 valence electrons. The third kappa shape index (κ3) is 3.58. The summed E-state index contributed by atoms with van der Waals surface area (Å²) in [7, 11) is 1.92. The van der Waals surface area contributed by atoms with Gasteiger partial charge in [0.05, 0.1) is 7.05 Å². The number of nitrogens with zero attached hydrogens (tertiary/aromatic N) is 3. The molecule has 0 aliphatic carbocycles. The van der Waals surface area contributed by atoms with Gasteiger partial charge in [-0.25, -0.2) is 9.36 Å². The van der Waals surface area contributed by atoms with Gasteiger partial charge in [-0.3, -0.25) is 0 Å². The Kier molecular flexibility index (Phi) is 5.19. The molecule has 0 aromatic carbocycles. The summed E-state index contributed by atoms with van der Waals surface area (Å²) < 4.78 is 3.54. The zero-order valence-electron chi connectivity index (χ0n) is 11.4. The molecule has 17 heavy (non-hydrogen) atoms. The Balaban J connectivity index is 2.78. The number of imidazole rings is 1. The largest absolute Gasteiger partial charge is 0.416 e. The average Bonchev–Trinajstić information content (AvgIpc) is 2.75. The summed E-state index contributed by atoms with van der Waals surface area (Å²) in [4.78, 5) is 14.3. The normalized spacial score (nSPS) is 12.5. The van der Waals surface area contributed by atoms with Crippen LogP contribution in [0.2, 0.25) is 0 Å². The van der Waals surface area contributed by atoms with Crippen molar-refractivity contribution in [2.75, 3.05) is 6.54 Å². The summed E-state index contributed by atoms with van der Waals surface area (Å²) in [6.07, 6.45) is 8.66. The summed E-state index contributed by atoms with van der Waals surface area (Å²) in [6.45, 7) is 7.21. The molecule has 1 aromatic rings. The Morgan fingerprint density at radius 2 is 2.18 bits per heavy atom. The molecule has 0 spiro atoms. The first-order chi connectivity index (χ1) is 8.10. The third-order valence-corrected chi connectivity index (χ3v) is 3.11. The molecule has 1 atom stereocenters. The minimum atomic E-state index is 0.0772. The van der Waals surface area contributed by atoms with Crippen LogP contribution in [0.5, 0.6) is 0 Å². The van der Waals surface area contributed by atoms with Crippen molar-refractivity contribution in [1.29, 1.82) is 0 Å².